The van der Waals surface area contributed by atoms with Crippen LogP contribution in [0.2, 0.25) is 0 Å². The first kappa shape index (κ1) is 10.7. The number of para-hydroxylation sites is 1. The molecule has 2 aromatic rings. The molecule has 0 spiro atoms. The van der Waals surface area contributed by atoms with Gasteiger partial charge in [-0.1, -0.05) is 25.1 Å². The lowest BCUT2D eigenvalue weighted by atomic mass is 10.1. The van der Waals surface area contributed by atoms with Crippen molar-refractivity contribution in [3.63, 3.8) is 0 Å². The number of nitrogens with zero attached hydrogens (tertiary/aromatic N) is 2. The van der Waals surface area contributed by atoms with E-state index in [2.05, 4.69) is 42.6 Å². The van der Waals surface area contributed by atoms with Crippen molar-refractivity contribution in [2.24, 2.45) is 0 Å². The van der Waals surface area contributed by atoms with E-state index < -0.39 is 0 Å². The Morgan fingerprint density at radius 2 is 2.25 bits per heavy atom. The molecule has 2 rings (SSSR count). The smallest absolute Gasteiger partial charge is 0.110 e. The molecular formula is C13H15N3. The quantitative estimate of drug-likeness (QED) is 0.846. The maximum absolute atomic E-state index is 8.78. The van der Waals surface area contributed by atoms with Crippen molar-refractivity contribution in [1.29, 1.82) is 5.26 Å². The summed E-state index contributed by atoms with van der Waals surface area (Å²) in [6.45, 7) is 4.31. The van der Waals surface area contributed by atoms with Gasteiger partial charge in [0, 0.05) is 12.7 Å². The van der Waals surface area contributed by atoms with E-state index in [1.807, 2.05) is 10.8 Å². The molecule has 0 saturated carbocycles. The molecule has 1 N–H and O–H groups in total. The minimum Gasteiger partial charge on any atom is -0.333 e. The maximum atomic E-state index is 8.78. The summed E-state index contributed by atoms with van der Waals surface area (Å²) in [4.78, 5) is 0. The van der Waals surface area contributed by atoms with E-state index in [0.717, 1.165) is 13.1 Å². The monoisotopic (exact) mass is 213 g/mol. The highest BCUT2D eigenvalue weighted by Gasteiger charge is 2.05. The Morgan fingerprint density at radius 1 is 1.38 bits per heavy atom. The van der Waals surface area contributed by atoms with Crippen LogP contribution in [0.1, 0.15) is 12.5 Å². The van der Waals surface area contributed by atoms with Crippen LogP contribution in [-0.4, -0.2) is 11.1 Å². The van der Waals surface area contributed by atoms with Crippen molar-refractivity contribution in [2.75, 3.05) is 6.54 Å². The zero-order chi connectivity index (χ0) is 11.4. The van der Waals surface area contributed by atoms with Gasteiger partial charge in [0.2, 0.25) is 0 Å². The topological polar surface area (TPSA) is 40.8 Å². The fraction of sp³-hybridized carbons (Fsp3) is 0.308. The molecular weight excluding hydrogens is 198 g/mol. The molecule has 1 aromatic carbocycles. The number of fused-ring (bicyclic) bond motifs is 1. The number of benzene rings is 1. The average Bonchev–Trinajstić information content (AvgIpc) is 2.71. The molecule has 0 unspecified atom stereocenters. The van der Waals surface area contributed by atoms with E-state index in [-0.39, 0.29) is 0 Å². The van der Waals surface area contributed by atoms with Crippen LogP contribution in [0.3, 0.4) is 0 Å². The number of hydrogen-bond donors (Lipinski definition) is 1. The molecule has 0 aliphatic carbocycles. The molecule has 0 saturated heterocycles. The number of aromatic nitrogens is 1. The normalized spacial score (nSPS) is 10.5. The highest BCUT2D eigenvalue weighted by molar-refractivity contribution is 5.83. The van der Waals surface area contributed by atoms with E-state index >= 15 is 0 Å². The van der Waals surface area contributed by atoms with Gasteiger partial charge in [-0.25, -0.2) is 0 Å². The highest BCUT2D eigenvalue weighted by atomic mass is 15.0. The zero-order valence-corrected chi connectivity index (χ0v) is 9.40. The second kappa shape index (κ2) is 4.82. The molecule has 1 heterocycles. The van der Waals surface area contributed by atoms with Gasteiger partial charge in [0.05, 0.1) is 11.6 Å². The van der Waals surface area contributed by atoms with Crippen molar-refractivity contribution in [3.8, 4) is 6.07 Å². The minimum absolute atomic E-state index is 0.409. The molecule has 0 aliphatic heterocycles. The maximum Gasteiger partial charge on any atom is 0.110 e. The largest absolute Gasteiger partial charge is 0.333 e. The summed E-state index contributed by atoms with van der Waals surface area (Å²) in [6.07, 6.45) is 1.98. The highest BCUT2D eigenvalue weighted by Crippen LogP contribution is 2.20. The van der Waals surface area contributed by atoms with E-state index in [1.54, 1.807) is 0 Å². The number of hydrogen-bond acceptors (Lipinski definition) is 2. The van der Waals surface area contributed by atoms with Crippen molar-refractivity contribution in [1.82, 2.24) is 9.88 Å². The third kappa shape index (κ3) is 1.93. The molecule has 3 nitrogen and oxygen atoms in total. The lowest BCUT2D eigenvalue weighted by Crippen LogP contribution is -2.12. The first-order chi connectivity index (χ1) is 7.86. The van der Waals surface area contributed by atoms with Crippen LogP contribution in [-0.2, 0) is 13.1 Å². The third-order valence-electron chi connectivity index (χ3n) is 2.68. The van der Waals surface area contributed by atoms with Crippen molar-refractivity contribution in [3.05, 3.63) is 36.0 Å². The van der Waals surface area contributed by atoms with Crippen molar-refractivity contribution in [2.45, 2.75) is 20.0 Å². The minimum atomic E-state index is 0.409. The van der Waals surface area contributed by atoms with Crippen LogP contribution in [0, 0.1) is 11.3 Å². The van der Waals surface area contributed by atoms with Gasteiger partial charge >= 0.3 is 0 Å². The predicted octanol–water partition coefficient (Wildman–Crippen LogP) is 2.27. The predicted molar refractivity (Wildman–Crippen MR) is 64.9 cm³/mol. The first-order valence-corrected chi connectivity index (χ1v) is 5.51. The van der Waals surface area contributed by atoms with Crippen molar-refractivity contribution < 1.29 is 0 Å². The first-order valence-electron chi connectivity index (χ1n) is 5.51. The van der Waals surface area contributed by atoms with E-state index in [1.165, 1.54) is 16.5 Å². The van der Waals surface area contributed by atoms with Gasteiger partial charge in [-0.05, 0) is 23.6 Å². The van der Waals surface area contributed by atoms with Gasteiger partial charge in [0.1, 0.15) is 6.54 Å². The Morgan fingerprint density at radius 3 is 3.00 bits per heavy atom. The van der Waals surface area contributed by atoms with Crippen LogP contribution in [0.5, 0.6) is 0 Å². The molecule has 0 amide bonds. The van der Waals surface area contributed by atoms with Crippen LogP contribution < -0.4 is 5.32 Å². The van der Waals surface area contributed by atoms with Gasteiger partial charge in [-0.15, -0.1) is 0 Å². The lowest BCUT2D eigenvalue weighted by Gasteiger charge is -2.07. The summed E-state index contributed by atoms with van der Waals surface area (Å²) in [5.41, 5.74) is 2.42. The van der Waals surface area contributed by atoms with Crippen LogP contribution >= 0.6 is 0 Å². The lowest BCUT2D eigenvalue weighted by molar-refractivity contribution is 0.725. The Bertz CT molecular complexity index is 519. The summed E-state index contributed by atoms with van der Waals surface area (Å²) in [6, 6.07) is 10.5. The van der Waals surface area contributed by atoms with Gasteiger partial charge in [-0.3, -0.25) is 0 Å². The molecule has 82 valence electrons. The molecule has 0 fully saturated rings. The van der Waals surface area contributed by atoms with E-state index in [4.69, 9.17) is 5.26 Å². The van der Waals surface area contributed by atoms with Gasteiger partial charge in [-0.2, -0.15) is 5.26 Å². The summed E-state index contributed by atoms with van der Waals surface area (Å²) >= 11 is 0. The van der Waals surface area contributed by atoms with Crippen LogP contribution in [0.15, 0.2) is 30.5 Å². The fourth-order valence-corrected chi connectivity index (χ4v) is 1.95. The molecule has 0 atom stereocenters. The van der Waals surface area contributed by atoms with Gasteiger partial charge in [0.25, 0.3) is 0 Å². The molecule has 0 radical (unpaired) electrons. The Labute approximate surface area is 95.3 Å². The van der Waals surface area contributed by atoms with Crippen LogP contribution in [0.25, 0.3) is 10.9 Å². The summed E-state index contributed by atoms with van der Waals surface area (Å²) < 4.78 is 2.00. The van der Waals surface area contributed by atoms with Gasteiger partial charge < -0.3 is 9.88 Å². The number of nitrogens with one attached hydrogen (secondary N) is 1. The third-order valence-corrected chi connectivity index (χ3v) is 2.68. The fourth-order valence-electron chi connectivity index (χ4n) is 1.95. The van der Waals surface area contributed by atoms with E-state index in [0.29, 0.717) is 6.54 Å². The van der Waals surface area contributed by atoms with Crippen LogP contribution in [0.4, 0.5) is 0 Å². The average molecular weight is 213 g/mol. The number of rotatable bonds is 4. The van der Waals surface area contributed by atoms with E-state index in [9.17, 15) is 0 Å². The molecule has 0 bridgehead atoms. The Hall–Kier alpha value is -1.79. The second-order valence-corrected chi connectivity index (χ2v) is 3.74. The Kier molecular flexibility index (Phi) is 3.23. The standard InChI is InChI=1S/C13H15N3/c1-2-15-10-12-5-3-4-11-6-8-16(9-7-14)13(11)12/h3-6,8,15H,2,9-10H2,1H3. The van der Waals surface area contributed by atoms with Gasteiger partial charge in [0.15, 0.2) is 0 Å². The summed E-state index contributed by atoms with van der Waals surface area (Å²) in [5.74, 6) is 0. The summed E-state index contributed by atoms with van der Waals surface area (Å²) in [5, 5.41) is 13.3. The molecule has 16 heavy (non-hydrogen) atoms. The summed E-state index contributed by atoms with van der Waals surface area (Å²) in [7, 11) is 0. The SMILES string of the molecule is CCNCc1cccc2ccn(CC#N)c12. The molecule has 3 heteroatoms. The second-order valence-electron chi connectivity index (χ2n) is 3.74. The molecule has 0 aliphatic rings. The molecule has 1 aromatic heterocycles. The number of nitriles is 1. The zero-order valence-electron chi connectivity index (χ0n) is 9.40. The van der Waals surface area contributed by atoms with Crippen molar-refractivity contribution >= 4 is 10.9 Å². The Balaban J connectivity index is 2.46.